The van der Waals surface area contributed by atoms with Gasteiger partial charge in [-0.25, -0.2) is 0 Å². The van der Waals surface area contributed by atoms with E-state index in [1.165, 1.54) is 22.3 Å². The molecule has 1 atom stereocenters. The number of benzene rings is 1. The van der Waals surface area contributed by atoms with Gasteiger partial charge in [-0.2, -0.15) is 0 Å². The summed E-state index contributed by atoms with van der Waals surface area (Å²) < 4.78 is 5.54. The Balaban J connectivity index is 2.50. The average Bonchev–Trinajstić information content (AvgIpc) is 2.28. The van der Waals surface area contributed by atoms with Gasteiger partial charge in [0.2, 0.25) is 0 Å². The Morgan fingerprint density at radius 2 is 1.68 bits per heavy atom. The van der Waals surface area contributed by atoms with Gasteiger partial charge in [-0.15, -0.1) is 0 Å². The minimum Gasteiger partial charge on any atom is -0.396 e. The maximum atomic E-state index is 9.82. The Kier molecular flexibility index (Phi) is 4.03. The van der Waals surface area contributed by atoms with Crippen LogP contribution in [0.3, 0.4) is 0 Å². The number of hydrogen-bond acceptors (Lipinski definition) is 2. The fourth-order valence-corrected chi connectivity index (χ4v) is 3.41. The van der Waals surface area contributed by atoms with Crippen LogP contribution in [0.1, 0.15) is 36.1 Å². The Morgan fingerprint density at radius 3 is 2.11 bits per heavy atom. The first kappa shape index (κ1) is 14.5. The second-order valence-corrected chi connectivity index (χ2v) is 6.43. The van der Waals surface area contributed by atoms with Gasteiger partial charge in [0.25, 0.3) is 0 Å². The van der Waals surface area contributed by atoms with E-state index in [1.54, 1.807) is 0 Å². The van der Waals surface area contributed by atoms with Crippen molar-refractivity contribution in [2.24, 2.45) is 11.8 Å². The molecular formula is C17H26O2. The molecule has 1 heterocycles. The molecule has 0 aromatic heterocycles. The summed E-state index contributed by atoms with van der Waals surface area (Å²) >= 11 is 0. The molecule has 1 saturated heterocycles. The standard InChI is InChI=1S/C17H26O2/c1-11(2)16(8-18)17(9-19-10-17)15-7-13(4)12(3)6-14(15)5/h6-7,11,16,18H,8-10H2,1-5H3. The lowest BCUT2D eigenvalue weighted by Crippen LogP contribution is -2.55. The van der Waals surface area contributed by atoms with E-state index in [1.807, 2.05) is 0 Å². The highest BCUT2D eigenvalue weighted by molar-refractivity contribution is 5.43. The van der Waals surface area contributed by atoms with E-state index in [0.29, 0.717) is 5.92 Å². The van der Waals surface area contributed by atoms with Crippen molar-refractivity contribution in [3.63, 3.8) is 0 Å². The minimum atomic E-state index is 0.00542. The predicted octanol–water partition coefficient (Wildman–Crippen LogP) is 3.14. The number of aryl methyl sites for hydroxylation is 3. The van der Waals surface area contributed by atoms with Crippen LogP contribution in [-0.4, -0.2) is 24.9 Å². The van der Waals surface area contributed by atoms with E-state index in [0.717, 1.165) is 13.2 Å². The van der Waals surface area contributed by atoms with E-state index in [2.05, 4.69) is 46.8 Å². The third-order valence-corrected chi connectivity index (χ3v) is 4.81. The number of aliphatic hydroxyl groups excluding tert-OH is 1. The second kappa shape index (κ2) is 5.26. The highest BCUT2D eigenvalue weighted by atomic mass is 16.5. The molecular weight excluding hydrogens is 236 g/mol. The normalized spacial score (nSPS) is 19.3. The zero-order chi connectivity index (χ0) is 14.2. The molecule has 1 N–H and O–H groups in total. The molecule has 1 unspecified atom stereocenters. The molecule has 2 heteroatoms. The van der Waals surface area contributed by atoms with Crippen LogP contribution < -0.4 is 0 Å². The first-order chi connectivity index (χ1) is 8.92. The van der Waals surface area contributed by atoms with Gasteiger partial charge >= 0.3 is 0 Å². The van der Waals surface area contributed by atoms with Gasteiger partial charge < -0.3 is 9.84 Å². The molecule has 0 saturated carbocycles. The predicted molar refractivity (Wildman–Crippen MR) is 78.6 cm³/mol. The molecule has 2 rings (SSSR count). The fraction of sp³-hybridized carbons (Fsp3) is 0.647. The van der Waals surface area contributed by atoms with Crippen LogP contribution in [0.5, 0.6) is 0 Å². The van der Waals surface area contributed by atoms with Gasteiger partial charge in [0.15, 0.2) is 0 Å². The van der Waals surface area contributed by atoms with Crippen molar-refractivity contribution in [1.82, 2.24) is 0 Å². The Bertz CT molecular complexity index is 459. The number of hydrogen-bond donors (Lipinski definition) is 1. The zero-order valence-corrected chi connectivity index (χ0v) is 12.8. The summed E-state index contributed by atoms with van der Waals surface area (Å²) in [6, 6.07) is 4.57. The quantitative estimate of drug-likeness (QED) is 0.903. The van der Waals surface area contributed by atoms with Crippen LogP contribution in [0, 0.1) is 32.6 Å². The van der Waals surface area contributed by atoms with Crippen LogP contribution >= 0.6 is 0 Å². The number of ether oxygens (including phenoxy) is 1. The van der Waals surface area contributed by atoms with Gasteiger partial charge in [0.1, 0.15) is 0 Å². The van der Waals surface area contributed by atoms with Gasteiger partial charge in [-0.05, 0) is 54.9 Å². The molecule has 1 aromatic rings. The zero-order valence-electron chi connectivity index (χ0n) is 12.8. The molecule has 0 radical (unpaired) electrons. The average molecular weight is 262 g/mol. The van der Waals surface area contributed by atoms with Crippen molar-refractivity contribution in [3.8, 4) is 0 Å². The Morgan fingerprint density at radius 1 is 1.11 bits per heavy atom. The van der Waals surface area contributed by atoms with Crippen LogP contribution in [0.2, 0.25) is 0 Å². The van der Waals surface area contributed by atoms with Gasteiger partial charge in [-0.1, -0.05) is 26.0 Å². The molecule has 1 aromatic carbocycles. The summed E-state index contributed by atoms with van der Waals surface area (Å²) in [4.78, 5) is 0. The van der Waals surface area contributed by atoms with Crippen molar-refractivity contribution < 1.29 is 9.84 Å². The first-order valence-electron chi connectivity index (χ1n) is 7.19. The molecule has 0 aliphatic carbocycles. The summed E-state index contributed by atoms with van der Waals surface area (Å²) in [6.45, 7) is 12.6. The van der Waals surface area contributed by atoms with Crippen LogP contribution in [0.25, 0.3) is 0 Å². The molecule has 1 fully saturated rings. The van der Waals surface area contributed by atoms with Gasteiger partial charge in [0.05, 0.1) is 13.2 Å². The van der Waals surface area contributed by atoms with E-state index < -0.39 is 0 Å². The molecule has 19 heavy (non-hydrogen) atoms. The maximum absolute atomic E-state index is 9.82. The highest BCUT2D eigenvalue weighted by Crippen LogP contribution is 2.44. The fourth-order valence-electron chi connectivity index (χ4n) is 3.41. The lowest BCUT2D eigenvalue weighted by atomic mass is 9.63. The van der Waals surface area contributed by atoms with Gasteiger partial charge in [0, 0.05) is 12.0 Å². The van der Waals surface area contributed by atoms with Crippen LogP contribution in [0.4, 0.5) is 0 Å². The van der Waals surface area contributed by atoms with Crippen LogP contribution in [0.15, 0.2) is 12.1 Å². The maximum Gasteiger partial charge on any atom is 0.0589 e. The first-order valence-corrected chi connectivity index (χ1v) is 7.19. The van der Waals surface area contributed by atoms with E-state index >= 15 is 0 Å². The lowest BCUT2D eigenvalue weighted by molar-refractivity contribution is -0.111. The third-order valence-electron chi connectivity index (χ3n) is 4.81. The van der Waals surface area contributed by atoms with Crippen molar-refractivity contribution in [2.75, 3.05) is 19.8 Å². The van der Waals surface area contributed by atoms with E-state index in [4.69, 9.17) is 4.74 Å². The summed E-state index contributed by atoms with van der Waals surface area (Å²) in [6.07, 6.45) is 0. The van der Waals surface area contributed by atoms with Crippen LogP contribution in [-0.2, 0) is 10.2 Å². The molecule has 0 amide bonds. The monoisotopic (exact) mass is 262 g/mol. The minimum absolute atomic E-state index is 0.00542. The molecule has 2 nitrogen and oxygen atoms in total. The lowest BCUT2D eigenvalue weighted by Gasteiger charge is -2.49. The third kappa shape index (κ3) is 2.32. The summed E-state index contributed by atoms with van der Waals surface area (Å²) in [7, 11) is 0. The molecule has 1 aliphatic rings. The summed E-state index contributed by atoms with van der Waals surface area (Å²) in [5.74, 6) is 0.719. The SMILES string of the molecule is Cc1cc(C)c(C2(C(CO)C(C)C)COC2)cc1C. The van der Waals surface area contributed by atoms with E-state index in [-0.39, 0.29) is 17.9 Å². The van der Waals surface area contributed by atoms with E-state index in [9.17, 15) is 5.11 Å². The number of rotatable bonds is 4. The summed E-state index contributed by atoms with van der Waals surface area (Å²) in [5.41, 5.74) is 5.36. The molecule has 0 spiro atoms. The Labute approximate surface area is 116 Å². The highest BCUT2D eigenvalue weighted by Gasteiger charge is 2.48. The van der Waals surface area contributed by atoms with Crippen molar-refractivity contribution in [3.05, 3.63) is 34.4 Å². The van der Waals surface area contributed by atoms with Gasteiger partial charge in [-0.3, -0.25) is 0 Å². The number of aliphatic hydroxyl groups is 1. The molecule has 0 bridgehead atoms. The largest absolute Gasteiger partial charge is 0.396 e. The molecule has 106 valence electrons. The molecule has 1 aliphatic heterocycles. The van der Waals surface area contributed by atoms with Crippen molar-refractivity contribution in [2.45, 2.75) is 40.0 Å². The topological polar surface area (TPSA) is 29.5 Å². The second-order valence-electron chi connectivity index (χ2n) is 6.43. The Hall–Kier alpha value is -0.860. The van der Waals surface area contributed by atoms with Crippen molar-refractivity contribution >= 4 is 0 Å². The smallest absolute Gasteiger partial charge is 0.0589 e. The van der Waals surface area contributed by atoms with Crippen molar-refractivity contribution in [1.29, 1.82) is 0 Å². The summed E-state index contributed by atoms with van der Waals surface area (Å²) in [5, 5.41) is 9.82.